The highest BCUT2D eigenvalue weighted by Crippen LogP contribution is 2.27. The molecular formula is C20H23N5O3S2. The van der Waals surface area contributed by atoms with Gasteiger partial charge in [0.25, 0.3) is 5.91 Å². The lowest BCUT2D eigenvalue weighted by Crippen LogP contribution is -2.36. The number of carbonyl (C=O) groups is 1. The molecule has 0 unspecified atom stereocenters. The van der Waals surface area contributed by atoms with Crippen molar-refractivity contribution in [3.8, 4) is 0 Å². The van der Waals surface area contributed by atoms with Gasteiger partial charge >= 0.3 is 0 Å². The largest absolute Gasteiger partial charge is 0.347 e. The third-order valence-electron chi connectivity index (χ3n) is 5.06. The smallest absolute Gasteiger partial charge is 0.263 e. The monoisotopic (exact) mass is 445 g/mol. The second-order valence-electron chi connectivity index (χ2n) is 7.17. The molecule has 3 heterocycles. The summed E-state index contributed by atoms with van der Waals surface area (Å²) in [4.78, 5) is 17.0. The molecule has 1 aliphatic heterocycles. The normalized spacial score (nSPS) is 15.2. The number of nitrogens with zero attached hydrogens (tertiary/aromatic N) is 4. The van der Waals surface area contributed by atoms with Gasteiger partial charge < -0.3 is 5.32 Å². The number of sulfonamides is 1. The minimum Gasteiger partial charge on any atom is -0.347 e. The molecular weight excluding hydrogens is 422 g/mol. The number of amides is 1. The third-order valence-corrected chi connectivity index (χ3v) is 8.04. The van der Waals surface area contributed by atoms with Gasteiger partial charge in [-0.05, 0) is 35.4 Å². The third kappa shape index (κ3) is 4.61. The fourth-order valence-electron chi connectivity index (χ4n) is 3.44. The number of carbonyl (C=O) groups excluding carboxylic acids is 1. The maximum Gasteiger partial charge on any atom is 0.263 e. The Morgan fingerprint density at radius 1 is 1.07 bits per heavy atom. The Kier molecular flexibility index (Phi) is 6.26. The van der Waals surface area contributed by atoms with Crippen LogP contribution in [0.2, 0.25) is 0 Å². The number of rotatable bonds is 7. The molecule has 0 bridgehead atoms. The lowest BCUT2D eigenvalue weighted by atomic mass is 10.1. The molecule has 8 nitrogen and oxygen atoms in total. The Morgan fingerprint density at radius 2 is 1.80 bits per heavy atom. The number of hydrogen-bond donors (Lipinski definition) is 1. The van der Waals surface area contributed by atoms with Gasteiger partial charge in [0.2, 0.25) is 10.0 Å². The minimum atomic E-state index is -3.64. The predicted molar refractivity (Wildman–Crippen MR) is 114 cm³/mol. The fourth-order valence-corrected chi connectivity index (χ4v) is 6.27. The maximum absolute atomic E-state index is 13.0. The Balaban J connectivity index is 1.40. The highest BCUT2D eigenvalue weighted by atomic mass is 32.2. The van der Waals surface area contributed by atoms with Crippen LogP contribution in [0.25, 0.3) is 0 Å². The molecule has 1 amide bonds. The number of benzene rings is 1. The molecule has 1 aliphatic rings. The summed E-state index contributed by atoms with van der Waals surface area (Å²) in [5.41, 5.74) is 2.01. The predicted octanol–water partition coefficient (Wildman–Crippen LogP) is 2.49. The van der Waals surface area contributed by atoms with Crippen molar-refractivity contribution in [1.82, 2.24) is 24.4 Å². The van der Waals surface area contributed by atoms with Gasteiger partial charge in [-0.25, -0.2) is 18.1 Å². The molecule has 1 aromatic carbocycles. The van der Waals surface area contributed by atoms with Crippen molar-refractivity contribution in [1.29, 1.82) is 0 Å². The summed E-state index contributed by atoms with van der Waals surface area (Å²) in [6, 6.07) is 9.35. The van der Waals surface area contributed by atoms with Crippen LogP contribution in [0.1, 0.15) is 40.1 Å². The molecule has 1 saturated heterocycles. The summed E-state index contributed by atoms with van der Waals surface area (Å²) in [6.45, 7) is 1.98. The first-order valence-corrected chi connectivity index (χ1v) is 12.1. The number of hydrogen-bond acceptors (Lipinski definition) is 6. The Bertz CT molecular complexity index is 1090. The second kappa shape index (κ2) is 9.07. The van der Waals surface area contributed by atoms with Crippen LogP contribution in [0.3, 0.4) is 0 Å². The summed E-state index contributed by atoms with van der Waals surface area (Å²) >= 11 is 1.15. The molecule has 0 saturated carbocycles. The van der Waals surface area contributed by atoms with Crippen LogP contribution < -0.4 is 5.32 Å². The van der Waals surface area contributed by atoms with E-state index in [4.69, 9.17) is 0 Å². The number of nitrogens with one attached hydrogen (secondary N) is 1. The molecule has 158 valence electrons. The van der Waals surface area contributed by atoms with Crippen LogP contribution in [0, 0.1) is 0 Å². The van der Waals surface area contributed by atoms with E-state index in [1.54, 1.807) is 16.4 Å². The van der Waals surface area contributed by atoms with E-state index in [-0.39, 0.29) is 15.7 Å². The lowest BCUT2D eigenvalue weighted by Gasteiger charge is -2.25. The summed E-state index contributed by atoms with van der Waals surface area (Å²) in [5, 5.41) is 8.58. The van der Waals surface area contributed by atoms with E-state index in [0.717, 1.165) is 41.7 Å². The molecule has 2 aromatic heterocycles. The van der Waals surface area contributed by atoms with E-state index in [2.05, 4.69) is 15.4 Å². The average Bonchev–Trinajstić information content (AvgIpc) is 3.46. The SMILES string of the molecule is O=C(NCc1ccc(Cn2cncn2)cc1)c1sccc1S(=O)(=O)N1CCCCC1. The van der Waals surface area contributed by atoms with Crippen molar-refractivity contribution in [3.05, 3.63) is 64.4 Å². The molecule has 1 N–H and O–H groups in total. The van der Waals surface area contributed by atoms with Crippen LogP contribution in [0.5, 0.6) is 0 Å². The van der Waals surface area contributed by atoms with Gasteiger partial charge in [-0.1, -0.05) is 30.7 Å². The number of aromatic nitrogens is 3. The van der Waals surface area contributed by atoms with Crippen molar-refractivity contribution in [3.63, 3.8) is 0 Å². The highest BCUT2D eigenvalue weighted by molar-refractivity contribution is 7.89. The van der Waals surface area contributed by atoms with Crippen molar-refractivity contribution < 1.29 is 13.2 Å². The first kappa shape index (κ1) is 20.7. The van der Waals surface area contributed by atoms with Crippen molar-refractivity contribution >= 4 is 27.3 Å². The van der Waals surface area contributed by atoms with Crippen LogP contribution in [-0.2, 0) is 23.1 Å². The summed E-state index contributed by atoms with van der Waals surface area (Å²) in [6.07, 6.45) is 5.91. The van der Waals surface area contributed by atoms with E-state index in [1.165, 1.54) is 16.7 Å². The molecule has 0 atom stereocenters. The highest BCUT2D eigenvalue weighted by Gasteiger charge is 2.30. The molecule has 0 aliphatic carbocycles. The topological polar surface area (TPSA) is 97.2 Å². The maximum atomic E-state index is 13.0. The summed E-state index contributed by atoms with van der Waals surface area (Å²) in [5.74, 6) is -0.368. The van der Waals surface area contributed by atoms with E-state index in [9.17, 15) is 13.2 Å². The number of piperidine rings is 1. The van der Waals surface area contributed by atoms with Crippen LogP contribution >= 0.6 is 11.3 Å². The van der Waals surface area contributed by atoms with Gasteiger partial charge in [0.15, 0.2) is 0 Å². The van der Waals surface area contributed by atoms with Gasteiger partial charge in [0.05, 0.1) is 6.54 Å². The van der Waals surface area contributed by atoms with Gasteiger partial charge in [0, 0.05) is 19.6 Å². The van der Waals surface area contributed by atoms with Crippen molar-refractivity contribution in [2.45, 2.75) is 37.2 Å². The molecule has 10 heteroatoms. The zero-order chi connectivity index (χ0) is 21.0. The van der Waals surface area contributed by atoms with Gasteiger partial charge in [0.1, 0.15) is 22.4 Å². The Hall–Kier alpha value is -2.56. The standard InChI is InChI=1S/C20H23N5O3S2/c26-20(19-18(8-11-29-19)30(27,28)25-9-2-1-3-10-25)22-12-16-4-6-17(7-5-16)13-24-15-21-14-23-24/h4-8,11,14-15H,1-3,9-10,12-13H2,(H,22,26). The molecule has 3 aromatic rings. The van der Waals surface area contributed by atoms with Crippen molar-refractivity contribution in [2.24, 2.45) is 0 Å². The first-order chi connectivity index (χ1) is 14.5. The zero-order valence-corrected chi connectivity index (χ0v) is 18.0. The van der Waals surface area contributed by atoms with Crippen molar-refractivity contribution in [2.75, 3.05) is 13.1 Å². The van der Waals surface area contributed by atoms with Crippen LogP contribution in [0.4, 0.5) is 0 Å². The summed E-state index contributed by atoms with van der Waals surface area (Å²) in [7, 11) is -3.64. The quantitative estimate of drug-likeness (QED) is 0.603. The Labute approximate surface area is 179 Å². The summed E-state index contributed by atoms with van der Waals surface area (Å²) < 4.78 is 29.1. The lowest BCUT2D eigenvalue weighted by molar-refractivity contribution is 0.0952. The zero-order valence-electron chi connectivity index (χ0n) is 16.4. The molecule has 30 heavy (non-hydrogen) atoms. The second-order valence-corrected chi connectivity index (χ2v) is 9.99. The van der Waals surface area contributed by atoms with E-state index >= 15 is 0 Å². The Morgan fingerprint density at radius 3 is 2.50 bits per heavy atom. The van der Waals surface area contributed by atoms with Crippen LogP contribution in [0.15, 0.2) is 53.3 Å². The molecule has 0 radical (unpaired) electrons. The number of thiophene rings is 1. The molecule has 1 fully saturated rings. The average molecular weight is 446 g/mol. The first-order valence-electron chi connectivity index (χ1n) is 9.80. The molecule has 4 rings (SSSR count). The minimum absolute atomic E-state index is 0.107. The van der Waals surface area contributed by atoms with Gasteiger partial charge in [-0.2, -0.15) is 9.40 Å². The van der Waals surface area contributed by atoms with E-state index < -0.39 is 10.0 Å². The fraction of sp³-hybridized carbons (Fsp3) is 0.350. The molecule has 0 spiro atoms. The van der Waals surface area contributed by atoms with E-state index in [1.807, 2.05) is 24.3 Å². The van der Waals surface area contributed by atoms with Gasteiger partial charge in [-0.3, -0.25) is 4.79 Å². The van der Waals surface area contributed by atoms with E-state index in [0.29, 0.717) is 26.2 Å². The van der Waals surface area contributed by atoms with Crippen LogP contribution in [-0.4, -0.2) is 46.5 Å². The van der Waals surface area contributed by atoms with Gasteiger partial charge in [-0.15, -0.1) is 11.3 Å².